The third-order valence-corrected chi connectivity index (χ3v) is 5.19. The lowest BCUT2D eigenvalue weighted by Crippen LogP contribution is -2.32. The van der Waals surface area contributed by atoms with Crippen molar-refractivity contribution in [2.24, 2.45) is 0 Å². The fourth-order valence-corrected chi connectivity index (χ4v) is 3.83. The molecule has 1 aromatic heterocycles. The van der Waals surface area contributed by atoms with Crippen molar-refractivity contribution in [1.29, 1.82) is 0 Å². The van der Waals surface area contributed by atoms with Crippen LogP contribution in [0.5, 0.6) is 0 Å². The molecule has 0 saturated carbocycles. The molecule has 0 radical (unpaired) electrons. The molecule has 1 aromatic carbocycles. The van der Waals surface area contributed by atoms with Crippen molar-refractivity contribution < 1.29 is 13.2 Å². The molecule has 0 aliphatic carbocycles. The zero-order chi connectivity index (χ0) is 17.3. The van der Waals surface area contributed by atoms with Gasteiger partial charge < -0.3 is 4.90 Å². The molecular formula is C16H21ClN4O3S. The Hall–Kier alpha value is -2.06. The molecule has 25 heavy (non-hydrogen) atoms. The van der Waals surface area contributed by atoms with Gasteiger partial charge >= 0.3 is 0 Å². The van der Waals surface area contributed by atoms with Crippen molar-refractivity contribution in [3.63, 3.8) is 0 Å². The Balaban J connectivity index is 0.00000225. The largest absolute Gasteiger partial charge is 0.305 e. The molecule has 0 atom stereocenters. The molecule has 1 aliphatic heterocycles. The Kier molecular flexibility index (Phi) is 5.74. The first-order chi connectivity index (χ1) is 11.4. The number of aryl methyl sites for hydroxylation is 1. The third-order valence-electron chi connectivity index (χ3n) is 4.01. The zero-order valence-electron chi connectivity index (χ0n) is 14.1. The number of nitrogens with zero attached hydrogens (tertiary/aromatic N) is 4. The summed E-state index contributed by atoms with van der Waals surface area (Å²) in [5.41, 5.74) is 1.48. The summed E-state index contributed by atoms with van der Waals surface area (Å²) in [4.78, 5) is 14.5. The lowest BCUT2D eigenvalue weighted by atomic mass is 10.2. The van der Waals surface area contributed by atoms with Crippen LogP contribution in [0.3, 0.4) is 0 Å². The molecule has 9 heteroatoms. The van der Waals surface area contributed by atoms with E-state index in [-0.39, 0.29) is 18.3 Å². The number of aromatic nitrogens is 2. The Labute approximate surface area is 153 Å². The minimum absolute atomic E-state index is 0. The minimum atomic E-state index is -3.40. The second-order valence-corrected chi connectivity index (χ2v) is 7.60. The highest BCUT2D eigenvalue weighted by atomic mass is 35.5. The van der Waals surface area contributed by atoms with Crippen LogP contribution in [-0.4, -0.2) is 43.5 Å². The maximum atomic E-state index is 12.9. The second kappa shape index (κ2) is 7.45. The SMILES string of the molecule is CCn1ccc(C(=O)N2CCCN(S(C)(=O)=O)c3ccccc32)n1.Cl. The van der Waals surface area contributed by atoms with E-state index in [0.29, 0.717) is 43.1 Å². The van der Waals surface area contributed by atoms with Gasteiger partial charge in [0.2, 0.25) is 10.0 Å². The molecule has 2 heterocycles. The zero-order valence-corrected chi connectivity index (χ0v) is 15.8. The molecule has 136 valence electrons. The molecule has 0 unspecified atom stereocenters. The standard InChI is InChI=1S/C16H20N4O3S.ClH/c1-3-18-12-9-13(17-18)16(21)19-10-6-11-20(24(2,22)23)15-8-5-4-7-14(15)19;/h4-5,7-9,12H,3,6,10-11H2,1-2H3;1H. The summed E-state index contributed by atoms with van der Waals surface area (Å²) in [6.07, 6.45) is 3.51. The molecule has 3 rings (SSSR count). The number of sulfonamides is 1. The van der Waals surface area contributed by atoms with Crippen molar-refractivity contribution in [2.75, 3.05) is 28.6 Å². The van der Waals surface area contributed by atoms with Gasteiger partial charge in [-0.2, -0.15) is 5.10 Å². The fourth-order valence-electron chi connectivity index (χ4n) is 2.86. The smallest absolute Gasteiger partial charge is 0.278 e. The summed E-state index contributed by atoms with van der Waals surface area (Å²) in [6.45, 7) is 3.43. The van der Waals surface area contributed by atoms with Gasteiger partial charge in [-0.1, -0.05) is 12.1 Å². The van der Waals surface area contributed by atoms with Gasteiger partial charge in [-0.25, -0.2) is 8.42 Å². The lowest BCUT2D eigenvalue weighted by Gasteiger charge is -2.24. The second-order valence-electron chi connectivity index (χ2n) is 5.69. The predicted octanol–water partition coefficient (Wildman–Crippen LogP) is 2.14. The van der Waals surface area contributed by atoms with Crippen molar-refractivity contribution in [3.05, 3.63) is 42.2 Å². The van der Waals surface area contributed by atoms with Crippen LogP contribution in [0.4, 0.5) is 11.4 Å². The maximum Gasteiger partial charge on any atom is 0.278 e. The van der Waals surface area contributed by atoms with Gasteiger partial charge in [-0.15, -0.1) is 12.4 Å². The Bertz CT molecular complexity index is 866. The molecule has 7 nitrogen and oxygen atoms in total. The topological polar surface area (TPSA) is 75.5 Å². The molecule has 0 fully saturated rings. The fraction of sp³-hybridized carbons (Fsp3) is 0.375. The highest BCUT2D eigenvalue weighted by Gasteiger charge is 2.29. The predicted molar refractivity (Wildman–Crippen MR) is 100 cm³/mol. The highest BCUT2D eigenvalue weighted by Crippen LogP contribution is 2.34. The first-order valence-electron chi connectivity index (χ1n) is 7.84. The van der Waals surface area contributed by atoms with Crippen LogP contribution in [0.15, 0.2) is 36.5 Å². The highest BCUT2D eigenvalue weighted by molar-refractivity contribution is 7.92. The summed E-state index contributed by atoms with van der Waals surface area (Å²) < 4.78 is 27.3. The van der Waals surface area contributed by atoms with E-state index in [1.54, 1.807) is 46.1 Å². The summed E-state index contributed by atoms with van der Waals surface area (Å²) in [6, 6.07) is 8.76. The first kappa shape index (κ1) is 19.3. The third kappa shape index (κ3) is 3.80. The molecule has 1 aliphatic rings. The number of anilines is 2. The number of rotatable bonds is 3. The van der Waals surface area contributed by atoms with E-state index in [1.165, 1.54) is 10.6 Å². The quantitative estimate of drug-likeness (QED) is 0.812. The van der Waals surface area contributed by atoms with Gasteiger partial charge in [-0.3, -0.25) is 13.8 Å². The first-order valence-corrected chi connectivity index (χ1v) is 9.68. The maximum absolute atomic E-state index is 12.9. The molecule has 2 aromatic rings. The molecule has 0 saturated heterocycles. The molecule has 0 spiro atoms. The number of benzene rings is 1. The van der Waals surface area contributed by atoms with Crippen LogP contribution in [0.25, 0.3) is 0 Å². The Morgan fingerprint density at radius 2 is 1.84 bits per heavy atom. The molecule has 0 bridgehead atoms. The number of amides is 1. The average molecular weight is 385 g/mol. The van der Waals surface area contributed by atoms with E-state index < -0.39 is 10.0 Å². The van der Waals surface area contributed by atoms with Crippen molar-refractivity contribution in [3.8, 4) is 0 Å². The summed E-state index contributed by atoms with van der Waals surface area (Å²) in [7, 11) is -3.40. The van der Waals surface area contributed by atoms with Crippen LogP contribution in [0.2, 0.25) is 0 Å². The normalized spacial score (nSPS) is 14.5. The number of fused-ring (bicyclic) bond motifs is 1. The number of halogens is 1. The Morgan fingerprint density at radius 3 is 2.44 bits per heavy atom. The Morgan fingerprint density at radius 1 is 1.16 bits per heavy atom. The molecular weight excluding hydrogens is 364 g/mol. The van der Waals surface area contributed by atoms with E-state index >= 15 is 0 Å². The number of carbonyl (C=O) groups excluding carboxylic acids is 1. The number of carbonyl (C=O) groups is 1. The van der Waals surface area contributed by atoms with Crippen LogP contribution in [-0.2, 0) is 16.6 Å². The van der Waals surface area contributed by atoms with Crippen molar-refractivity contribution >= 4 is 39.7 Å². The van der Waals surface area contributed by atoms with Gasteiger partial charge in [0.1, 0.15) is 0 Å². The van der Waals surface area contributed by atoms with Gasteiger partial charge in [0.15, 0.2) is 5.69 Å². The van der Waals surface area contributed by atoms with Crippen LogP contribution >= 0.6 is 12.4 Å². The van der Waals surface area contributed by atoms with Crippen molar-refractivity contribution in [2.45, 2.75) is 19.9 Å². The van der Waals surface area contributed by atoms with Crippen LogP contribution in [0, 0.1) is 0 Å². The van der Waals surface area contributed by atoms with E-state index in [0.717, 1.165) is 0 Å². The lowest BCUT2D eigenvalue weighted by molar-refractivity contribution is 0.0981. The van der Waals surface area contributed by atoms with E-state index in [4.69, 9.17) is 0 Å². The number of para-hydroxylation sites is 2. The number of hydrogen-bond acceptors (Lipinski definition) is 4. The summed E-state index contributed by atoms with van der Waals surface area (Å²) >= 11 is 0. The minimum Gasteiger partial charge on any atom is -0.305 e. The summed E-state index contributed by atoms with van der Waals surface area (Å²) in [5.74, 6) is -0.218. The van der Waals surface area contributed by atoms with Gasteiger partial charge in [-0.05, 0) is 31.5 Å². The average Bonchev–Trinajstić information content (AvgIpc) is 2.94. The van der Waals surface area contributed by atoms with Gasteiger partial charge in [0, 0.05) is 25.8 Å². The van der Waals surface area contributed by atoms with Crippen molar-refractivity contribution in [1.82, 2.24) is 9.78 Å². The van der Waals surface area contributed by atoms with E-state index in [9.17, 15) is 13.2 Å². The van der Waals surface area contributed by atoms with Crippen LogP contribution < -0.4 is 9.21 Å². The van der Waals surface area contributed by atoms with E-state index in [2.05, 4.69) is 5.10 Å². The summed E-state index contributed by atoms with van der Waals surface area (Å²) in [5, 5.41) is 4.27. The van der Waals surface area contributed by atoms with Crippen LogP contribution in [0.1, 0.15) is 23.8 Å². The molecule has 1 amide bonds. The van der Waals surface area contributed by atoms with E-state index in [1.807, 2.05) is 6.92 Å². The monoisotopic (exact) mass is 384 g/mol. The number of hydrogen-bond donors (Lipinski definition) is 0. The molecule has 0 N–H and O–H groups in total. The van der Waals surface area contributed by atoms with Gasteiger partial charge in [0.25, 0.3) is 5.91 Å². The van der Waals surface area contributed by atoms with Gasteiger partial charge in [0.05, 0.1) is 17.6 Å².